The molecule has 150 valence electrons. The van der Waals surface area contributed by atoms with Crippen molar-refractivity contribution in [2.75, 3.05) is 13.1 Å². The third-order valence-corrected chi connectivity index (χ3v) is 5.66. The maximum absolute atomic E-state index is 13.7. The second-order valence-electron chi connectivity index (χ2n) is 6.81. The van der Waals surface area contributed by atoms with E-state index in [1.807, 2.05) is 23.6 Å². The Morgan fingerprint density at radius 2 is 2.03 bits per heavy atom. The SMILES string of the molecule is O=C(Cc1csc(-c2ccccn2)n1)N1CCC(Oc2ccc(F)cc2F)CC1. The van der Waals surface area contributed by atoms with Crippen LogP contribution in [0.4, 0.5) is 8.78 Å². The number of piperidine rings is 1. The fourth-order valence-corrected chi connectivity index (χ4v) is 4.03. The number of pyridine rings is 1. The van der Waals surface area contributed by atoms with Crippen molar-refractivity contribution in [3.63, 3.8) is 0 Å². The van der Waals surface area contributed by atoms with Gasteiger partial charge in [0.2, 0.25) is 5.91 Å². The van der Waals surface area contributed by atoms with Crippen LogP contribution >= 0.6 is 11.3 Å². The predicted molar refractivity (Wildman–Crippen MR) is 106 cm³/mol. The first kappa shape index (κ1) is 19.4. The Hall–Kier alpha value is -2.87. The number of aromatic nitrogens is 2. The first-order valence-corrected chi connectivity index (χ1v) is 10.2. The number of nitrogens with zero attached hydrogens (tertiary/aromatic N) is 3. The van der Waals surface area contributed by atoms with E-state index in [-0.39, 0.29) is 24.2 Å². The Bertz CT molecular complexity index is 989. The van der Waals surface area contributed by atoms with Gasteiger partial charge in [-0.25, -0.2) is 13.8 Å². The third kappa shape index (κ3) is 4.76. The van der Waals surface area contributed by atoms with E-state index in [0.717, 1.165) is 22.5 Å². The molecular weight excluding hydrogens is 396 g/mol. The lowest BCUT2D eigenvalue weighted by Crippen LogP contribution is -2.42. The number of hydrogen-bond donors (Lipinski definition) is 0. The molecule has 1 aromatic carbocycles. The van der Waals surface area contributed by atoms with Gasteiger partial charge in [0.05, 0.1) is 17.8 Å². The monoisotopic (exact) mass is 415 g/mol. The average molecular weight is 415 g/mol. The summed E-state index contributed by atoms with van der Waals surface area (Å²) in [7, 11) is 0. The van der Waals surface area contributed by atoms with Gasteiger partial charge in [-0.05, 0) is 24.3 Å². The lowest BCUT2D eigenvalue weighted by atomic mass is 10.1. The zero-order valence-corrected chi connectivity index (χ0v) is 16.4. The summed E-state index contributed by atoms with van der Waals surface area (Å²) < 4.78 is 32.4. The van der Waals surface area contributed by atoms with Gasteiger partial charge >= 0.3 is 0 Å². The van der Waals surface area contributed by atoms with Crippen LogP contribution in [-0.4, -0.2) is 40.0 Å². The summed E-state index contributed by atoms with van der Waals surface area (Å²) in [5.74, 6) is -1.30. The van der Waals surface area contributed by atoms with Gasteiger partial charge in [0.15, 0.2) is 11.6 Å². The second-order valence-corrected chi connectivity index (χ2v) is 7.67. The summed E-state index contributed by atoms with van der Waals surface area (Å²) in [4.78, 5) is 23.2. The molecule has 0 aliphatic carbocycles. The summed E-state index contributed by atoms with van der Waals surface area (Å²) in [6.07, 6.45) is 2.94. The highest BCUT2D eigenvalue weighted by atomic mass is 32.1. The molecule has 1 amide bonds. The van der Waals surface area contributed by atoms with E-state index in [9.17, 15) is 13.6 Å². The van der Waals surface area contributed by atoms with Crippen molar-refractivity contribution in [1.29, 1.82) is 0 Å². The number of amides is 1. The summed E-state index contributed by atoms with van der Waals surface area (Å²) in [5, 5.41) is 2.68. The van der Waals surface area contributed by atoms with Crippen molar-refractivity contribution >= 4 is 17.2 Å². The van der Waals surface area contributed by atoms with Gasteiger partial charge in [-0.3, -0.25) is 9.78 Å². The molecule has 5 nitrogen and oxygen atoms in total. The minimum absolute atomic E-state index is 0.00860. The first-order chi connectivity index (χ1) is 14.1. The largest absolute Gasteiger partial charge is 0.487 e. The molecule has 2 aromatic heterocycles. The highest BCUT2D eigenvalue weighted by Crippen LogP contribution is 2.24. The maximum Gasteiger partial charge on any atom is 0.228 e. The van der Waals surface area contributed by atoms with Crippen LogP contribution in [0, 0.1) is 11.6 Å². The molecule has 0 N–H and O–H groups in total. The van der Waals surface area contributed by atoms with Crippen LogP contribution in [0.5, 0.6) is 5.75 Å². The molecule has 29 heavy (non-hydrogen) atoms. The van der Waals surface area contributed by atoms with Crippen molar-refractivity contribution in [2.45, 2.75) is 25.4 Å². The number of carbonyl (C=O) groups excluding carboxylic acids is 1. The molecule has 0 spiro atoms. The van der Waals surface area contributed by atoms with Gasteiger partial charge in [-0.1, -0.05) is 6.07 Å². The molecule has 8 heteroatoms. The van der Waals surface area contributed by atoms with Gasteiger partial charge in [-0.2, -0.15) is 0 Å². The van der Waals surface area contributed by atoms with E-state index in [2.05, 4.69) is 9.97 Å². The highest BCUT2D eigenvalue weighted by molar-refractivity contribution is 7.13. The normalized spacial score (nSPS) is 14.8. The lowest BCUT2D eigenvalue weighted by Gasteiger charge is -2.32. The van der Waals surface area contributed by atoms with Crippen molar-refractivity contribution in [1.82, 2.24) is 14.9 Å². The quantitative estimate of drug-likeness (QED) is 0.630. The minimum Gasteiger partial charge on any atom is -0.487 e. The number of rotatable bonds is 5. The van der Waals surface area contributed by atoms with Crippen LogP contribution in [0.1, 0.15) is 18.5 Å². The highest BCUT2D eigenvalue weighted by Gasteiger charge is 2.25. The number of hydrogen-bond acceptors (Lipinski definition) is 5. The maximum atomic E-state index is 13.7. The minimum atomic E-state index is -0.712. The molecule has 0 radical (unpaired) electrons. The second kappa shape index (κ2) is 8.65. The molecule has 0 unspecified atom stereocenters. The molecule has 4 rings (SSSR count). The molecule has 0 saturated carbocycles. The number of ether oxygens (including phenoxy) is 1. The Morgan fingerprint density at radius 3 is 2.76 bits per heavy atom. The van der Waals surface area contributed by atoms with Crippen LogP contribution in [-0.2, 0) is 11.2 Å². The van der Waals surface area contributed by atoms with E-state index in [4.69, 9.17) is 4.74 Å². The molecule has 0 atom stereocenters. The fraction of sp³-hybridized carbons (Fsp3) is 0.286. The summed E-state index contributed by atoms with van der Waals surface area (Å²) in [6.45, 7) is 1.06. The van der Waals surface area contributed by atoms with Crippen LogP contribution in [0.2, 0.25) is 0 Å². The van der Waals surface area contributed by atoms with Crippen LogP contribution in [0.3, 0.4) is 0 Å². The van der Waals surface area contributed by atoms with Crippen LogP contribution in [0.25, 0.3) is 10.7 Å². The van der Waals surface area contributed by atoms with Gasteiger partial charge in [0.25, 0.3) is 0 Å². The first-order valence-electron chi connectivity index (χ1n) is 9.34. The van der Waals surface area contributed by atoms with Crippen molar-refractivity contribution in [3.05, 3.63) is 65.3 Å². The predicted octanol–water partition coefficient (Wildman–Crippen LogP) is 4.10. The standard InChI is InChI=1S/C21H19F2N3O2S/c22-14-4-5-19(17(23)11-14)28-16-6-9-26(10-7-16)20(27)12-15-13-29-21(25-15)18-3-1-2-8-24-18/h1-5,8,11,13,16H,6-7,9-10,12H2. The average Bonchev–Trinajstić information content (AvgIpc) is 3.20. The number of thiazole rings is 1. The lowest BCUT2D eigenvalue weighted by molar-refractivity contribution is -0.132. The van der Waals surface area contributed by atoms with E-state index >= 15 is 0 Å². The number of halogens is 2. The Balaban J connectivity index is 1.30. The molecule has 1 aliphatic heterocycles. The Morgan fingerprint density at radius 1 is 1.21 bits per heavy atom. The van der Waals surface area contributed by atoms with Crippen LogP contribution < -0.4 is 4.74 Å². The van der Waals surface area contributed by atoms with E-state index in [1.54, 1.807) is 11.1 Å². The van der Waals surface area contributed by atoms with Gasteiger partial charge in [0, 0.05) is 43.6 Å². The third-order valence-electron chi connectivity index (χ3n) is 4.75. The molecule has 3 aromatic rings. The van der Waals surface area contributed by atoms with Crippen molar-refractivity contribution in [3.8, 4) is 16.5 Å². The van der Waals surface area contributed by atoms with Gasteiger partial charge in [-0.15, -0.1) is 11.3 Å². The summed E-state index contributed by atoms with van der Waals surface area (Å²) in [5.41, 5.74) is 1.52. The molecule has 1 fully saturated rings. The van der Waals surface area contributed by atoms with E-state index in [1.165, 1.54) is 23.5 Å². The zero-order chi connectivity index (χ0) is 20.2. The van der Waals surface area contributed by atoms with Crippen LogP contribution in [0.15, 0.2) is 48.0 Å². The fourth-order valence-electron chi connectivity index (χ4n) is 3.24. The summed E-state index contributed by atoms with van der Waals surface area (Å²) >= 11 is 1.47. The molecule has 1 aliphatic rings. The molecular formula is C21H19F2N3O2S. The molecule has 1 saturated heterocycles. The van der Waals surface area contributed by atoms with Gasteiger partial charge in [0.1, 0.15) is 16.9 Å². The topological polar surface area (TPSA) is 55.3 Å². The number of likely N-dealkylation sites (tertiary alicyclic amines) is 1. The van der Waals surface area contributed by atoms with Crippen molar-refractivity contribution < 1.29 is 18.3 Å². The molecule has 0 bridgehead atoms. The van der Waals surface area contributed by atoms with E-state index < -0.39 is 11.6 Å². The Labute approximate surface area is 171 Å². The smallest absolute Gasteiger partial charge is 0.228 e. The summed E-state index contributed by atoms with van der Waals surface area (Å²) in [6, 6.07) is 8.91. The molecule has 3 heterocycles. The van der Waals surface area contributed by atoms with Crippen molar-refractivity contribution in [2.24, 2.45) is 0 Å². The zero-order valence-electron chi connectivity index (χ0n) is 15.6. The Kier molecular flexibility index (Phi) is 5.80. The van der Waals surface area contributed by atoms with E-state index in [0.29, 0.717) is 25.9 Å². The number of carbonyl (C=O) groups is 1. The van der Waals surface area contributed by atoms with Gasteiger partial charge < -0.3 is 9.64 Å². The number of benzene rings is 1.